The first-order chi connectivity index (χ1) is 13.4. The molecule has 1 aliphatic rings. The molecule has 148 valence electrons. The number of benzene rings is 1. The Balaban J connectivity index is 1.96. The zero-order valence-corrected chi connectivity index (χ0v) is 16.0. The number of allylic oxidation sites excluding steroid dienone is 1. The zero-order chi connectivity index (χ0) is 19.9. The summed E-state index contributed by atoms with van der Waals surface area (Å²) in [5, 5.41) is 4.24. The van der Waals surface area contributed by atoms with Gasteiger partial charge in [-0.2, -0.15) is 0 Å². The van der Waals surface area contributed by atoms with Crippen LogP contribution in [0.1, 0.15) is 25.2 Å². The maximum Gasteiger partial charge on any atom is 0.291 e. The van der Waals surface area contributed by atoms with Gasteiger partial charge in [0.15, 0.2) is 0 Å². The lowest BCUT2D eigenvalue weighted by molar-refractivity contribution is -0.147. The lowest BCUT2D eigenvalue weighted by Crippen LogP contribution is -2.41. The molecular formula is C19H20ClF2N5O. The monoisotopic (exact) mass is 407 g/mol. The zero-order valence-electron chi connectivity index (χ0n) is 15.3. The molecule has 1 saturated heterocycles. The van der Waals surface area contributed by atoms with Crippen molar-refractivity contribution >= 4 is 33.5 Å². The van der Waals surface area contributed by atoms with E-state index in [1.54, 1.807) is 42.1 Å². The molecule has 1 aliphatic heterocycles. The summed E-state index contributed by atoms with van der Waals surface area (Å²) in [6, 6.07) is 4.16. The number of nitrogens with two attached hydrogens (primary N) is 1. The Kier molecular flexibility index (Phi) is 4.84. The molecule has 0 spiro atoms. The second-order valence-corrected chi connectivity index (χ2v) is 7.38. The summed E-state index contributed by atoms with van der Waals surface area (Å²) >= 11 is 6.18. The van der Waals surface area contributed by atoms with Gasteiger partial charge < -0.3 is 20.4 Å². The van der Waals surface area contributed by atoms with Crippen LogP contribution in [0.5, 0.6) is 0 Å². The second-order valence-electron chi connectivity index (χ2n) is 6.94. The van der Waals surface area contributed by atoms with Crippen LogP contribution in [-0.2, 0) is 11.3 Å². The van der Waals surface area contributed by atoms with E-state index in [9.17, 15) is 8.78 Å². The van der Waals surface area contributed by atoms with Crippen molar-refractivity contribution in [2.45, 2.75) is 31.9 Å². The molecule has 1 unspecified atom stereocenters. The van der Waals surface area contributed by atoms with E-state index in [4.69, 9.17) is 22.1 Å². The van der Waals surface area contributed by atoms with Crippen molar-refractivity contribution in [2.24, 2.45) is 5.73 Å². The van der Waals surface area contributed by atoms with Crippen LogP contribution in [0.3, 0.4) is 0 Å². The summed E-state index contributed by atoms with van der Waals surface area (Å²) < 4.78 is 36.2. The van der Waals surface area contributed by atoms with Gasteiger partial charge in [0.1, 0.15) is 24.0 Å². The number of pyridine rings is 1. The third kappa shape index (κ3) is 3.38. The fraction of sp³-hybridized carbons (Fsp3) is 0.368. The summed E-state index contributed by atoms with van der Waals surface area (Å²) in [5.41, 5.74) is 8.06. The van der Waals surface area contributed by atoms with Crippen LogP contribution in [0.4, 0.5) is 8.78 Å². The minimum absolute atomic E-state index is 0.182. The summed E-state index contributed by atoms with van der Waals surface area (Å²) in [5.74, 6) is -2.54. The Labute approximate surface area is 165 Å². The van der Waals surface area contributed by atoms with Crippen LogP contribution >= 0.6 is 11.6 Å². The first-order valence-electron chi connectivity index (χ1n) is 8.93. The number of ether oxygens (including phenoxy) is 1. The normalized spacial score (nSPS) is 20.0. The predicted octanol–water partition coefficient (Wildman–Crippen LogP) is 3.74. The van der Waals surface area contributed by atoms with Crippen LogP contribution in [0.15, 0.2) is 36.3 Å². The highest BCUT2D eigenvalue weighted by Gasteiger charge is 2.45. The molecule has 1 atom stereocenters. The first-order valence-corrected chi connectivity index (χ1v) is 9.31. The molecule has 3 aromatic rings. The number of nitrogens with one attached hydrogen (secondary N) is 1. The van der Waals surface area contributed by atoms with Gasteiger partial charge in [0.05, 0.1) is 23.8 Å². The SMILES string of the molecule is C/C(N)=C/NCc1nc2cnc3ccc(Cl)cc3c2n1C1CCOCC1(F)F. The summed E-state index contributed by atoms with van der Waals surface area (Å²) in [6.45, 7) is 1.63. The van der Waals surface area contributed by atoms with Gasteiger partial charge in [-0.15, -0.1) is 0 Å². The maximum absolute atomic E-state index is 14.8. The second kappa shape index (κ2) is 7.18. The Morgan fingerprint density at radius 3 is 3.04 bits per heavy atom. The predicted molar refractivity (Wildman–Crippen MR) is 104 cm³/mol. The molecule has 2 aromatic heterocycles. The molecule has 1 fully saturated rings. The minimum Gasteiger partial charge on any atom is -0.401 e. The largest absolute Gasteiger partial charge is 0.401 e. The van der Waals surface area contributed by atoms with E-state index in [0.29, 0.717) is 38.5 Å². The Morgan fingerprint density at radius 1 is 1.46 bits per heavy atom. The van der Waals surface area contributed by atoms with Crippen molar-refractivity contribution in [1.82, 2.24) is 19.9 Å². The summed E-state index contributed by atoms with van der Waals surface area (Å²) in [7, 11) is 0. The van der Waals surface area contributed by atoms with E-state index in [0.717, 1.165) is 0 Å². The van der Waals surface area contributed by atoms with Crippen molar-refractivity contribution in [1.29, 1.82) is 0 Å². The van der Waals surface area contributed by atoms with Gasteiger partial charge in [-0.25, -0.2) is 13.8 Å². The van der Waals surface area contributed by atoms with E-state index < -0.39 is 18.6 Å². The highest BCUT2D eigenvalue weighted by molar-refractivity contribution is 6.31. The molecule has 0 radical (unpaired) electrons. The lowest BCUT2D eigenvalue weighted by atomic mass is 10.0. The molecule has 3 N–H and O–H groups in total. The number of hydrogen-bond acceptors (Lipinski definition) is 5. The average Bonchev–Trinajstić information content (AvgIpc) is 2.99. The molecule has 0 bridgehead atoms. The molecule has 0 amide bonds. The number of rotatable bonds is 4. The highest BCUT2D eigenvalue weighted by Crippen LogP contribution is 2.40. The fourth-order valence-electron chi connectivity index (χ4n) is 3.59. The van der Waals surface area contributed by atoms with Crippen LogP contribution in [0.25, 0.3) is 21.9 Å². The van der Waals surface area contributed by atoms with Gasteiger partial charge in [0.2, 0.25) is 0 Å². The van der Waals surface area contributed by atoms with E-state index in [1.165, 1.54) is 0 Å². The molecule has 0 aliphatic carbocycles. The molecule has 1 aromatic carbocycles. The number of imidazole rings is 1. The highest BCUT2D eigenvalue weighted by atomic mass is 35.5. The first kappa shape index (κ1) is 18.9. The lowest BCUT2D eigenvalue weighted by Gasteiger charge is -2.33. The Morgan fingerprint density at radius 2 is 2.29 bits per heavy atom. The number of hydrogen-bond donors (Lipinski definition) is 2. The van der Waals surface area contributed by atoms with Gasteiger partial charge in [-0.05, 0) is 31.5 Å². The maximum atomic E-state index is 14.8. The van der Waals surface area contributed by atoms with Gasteiger partial charge >= 0.3 is 0 Å². The molecule has 3 heterocycles. The summed E-state index contributed by atoms with van der Waals surface area (Å²) in [6.07, 6.45) is 3.41. The number of halogens is 3. The molecule has 4 rings (SSSR count). The number of aromatic nitrogens is 3. The molecule has 9 heteroatoms. The van der Waals surface area contributed by atoms with Crippen molar-refractivity contribution in [3.05, 3.63) is 47.1 Å². The van der Waals surface area contributed by atoms with E-state index in [1.807, 2.05) is 0 Å². The van der Waals surface area contributed by atoms with Crippen LogP contribution in [0, 0.1) is 0 Å². The van der Waals surface area contributed by atoms with E-state index in [2.05, 4.69) is 15.3 Å². The fourth-order valence-corrected chi connectivity index (χ4v) is 3.76. The molecular weight excluding hydrogens is 388 g/mol. The van der Waals surface area contributed by atoms with Gasteiger partial charge in [0, 0.05) is 28.9 Å². The quantitative estimate of drug-likeness (QED) is 0.688. The number of nitrogens with zero attached hydrogens (tertiary/aromatic N) is 3. The van der Waals surface area contributed by atoms with Crippen molar-refractivity contribution in [3.8, 4) is 0 Å². The number of alkyl halides is 2. The number of fused-ring (bicyclic) bond motifs is 3. The topological polar surface area (TPSA) is 78.0 Å². The van der Waals surface area contributed by atoms with Crippen molar-refractivity contribution in [2.75, 3.05) is 13.2 Å². The van der Waals surface area contributed by atoms with Crippen molar-refractivity contribution in [3.63, 3.8) is 0 Å². The molecule has 6 nitrogen and oxygen atoms in total. The minimum atomic E-state index is -3.02. The smallest absolute Gasteiger partial charge is 0.291 e. The third-order valence-electron chi connectivity index (χ3n) is 4.77. The Bertz CT molecular complexity index is 1060. The molecule has 0 saturated carbocycles. The average molecular weight is 408 g/mol. The molecule has 28 heavy (non-hydrogen) atoms. The van der Waals surface area contributed by atoms with Crippen molar-refractivity contribution < 1.29 is 13.5 Å². The summed E-state index contributed by atoms with van der Waals surface area (Å²) in [4.78, 5) is 8.98. The standard InChI is InChI=1S/C19H20ClF2N5O/c1-11(23)7-24-9-17-26-15-8-25-14-3-2-12(20)6-13(14)18(15)27(17)16-4-5-28-10-19(16,21)22/h2-3,6-8,16,24H,4-5,9-10,23H2,1H3/b11-7-. The van der Waals surface area contributed by atoms with Crippen LogP contribution in [-0.4, -0.2) is 33.7 Å². The van der Waals surface area contributed by atoms with Crippen LogP contribution < -0.4 is 11.1 Å². The Hall–Kier alpha value is -2.45. The van der Waals surface area contributed by atoms with Crippen LogP contribution in [0.2, 0.25) is 5.02 Å². The third-order valence-corrected chi connectivity index (χ3v) is 5.01. The van der Waals surface area contributed by atoms with E-state index >= 15 is 0 Å². The van der Waals surface area contributed by atoms with Gasteiger partial charge in [0.25, 0.3) is 5.92 Å². The van der Waals surface area contributed by atoms with E-state index in [-0.39, 0.29) is 19.6 Å². The van der Waals surface area contributed by atoms with Gasteiger partial charge in [-0.3, -0.25) is 4.98 Å². The van der Waals surface area contributed by atoms with Gasteiger partial charge in [-0.1, -0.05) is 11.6 Å².